The first-order valence-corrected chi connectivity index (χ1v) is 8.27. The van der Waals surface area contributed by atoms with Crippen molar-refractivity contribution >= 4 is 11.8 Å². The third-order valence-electron chi connectivity index (χ3n) is 4.47. The molecule has 1 atom stereocenters. The van der Waals surface area contributed by atoms with Crippen LogP contribution in [0.1, 0.15) is 37.7 Å². The number of carbonyl (C=O) groups is 2. The lowest BCUT2D eigenvalue weighted by atomic mass is 9.88. The fourth-order valence-corrected chi connectivity index (χ4v) is 3.05. The van der Waals surface area contributed by atoms with E-state index < -0.39 is 5.60 Å². The fourth-order valence-electron chi connectivity index (χ4n) is 3.05. The molecule has 126 valence electrons. The lowest BCUT2D eigenvalue weighted by molar-refractivity contribution is -0.139. The average Bonchev–Trinajstić information content (AvgIpc) is 2.58. The summed E-state index contributed by atoms with van der Waals surface area (Å²) in [5.41, 5.74) is 0.209. The number of benzene rings is 1. The zero-order chi connectivity index (χ0) is 16.7. The molecule has 0 radical (unpaired) electrons. The average molecular weight is 318 g/mol. The molecule has 0 spiro atoms. The van der Waals surface area contributed by atoms with Crippen molar-refractivity contribution in [3.8, 4) is 0 Å². The highest BCUT2D eigenvalue weighted by Crippen LogP contribution is 2.26. The van der Waals surface area contributed by atoms with Gasteiger partial charge in [-0.3, -0.25) is 9.59 Å². The van der Waals surface area contributed by atoms with Crippen LogP contribution in [0.5, 0.6) is 0 Å². The summed E-state index contributed by atoms with van der Waals surface area (Å²) in [4.78, 5) is 25.5. The Morgan fingerprint density at radius 2 is 2.00 bits per heavy atom. The lowest BCUT2D eigenvalue weighted by Crippen LogP contribution is -2.50. The van der Waals surface area contributed by atoms with Gasteiger partial charge in [-0.15, -0.1) is 0 Å². The summed E-state index contributed by atoms with van der Waals surface area (Å²) < 4.78 is 0. The van der Waals surface area contributed by atoms with E-state index in [-0.39, 0.29) is 11.8 Å². The molecule has 2 amide bonds. The van der Waals surface area contributed by atoms with Crippen LogP contribution in [0.15, 0.2) is 30.3 Å². The Kier molecular flexibility index (Phi) is 6.16. The first-order valence-electron chi connectivity index (χ1n) is 8.27. The normalized spacial score (nSPS) is 21.0. The van der Waals surface area contributed by atoms with Crippen LogP contribution in [-0.2, 0) is 16.0 Å². The summed E-state index contributed by atoms with van der Waals surface area (Å²) in [6, 6.07) is 9.94. The number of aliphatic hydroxyl groups is 1. The number of rotatable bonds is 6. The first kappa shape index (κ1) is 17.5. The molecule has 2 N–H and O–H groups in total. The van der Waals surface area contributed by atoms with E-state index in [4.69, 9.17) is 0 Å². The van der Waals surface area contributed by atoms with Gasteiger partial charge in [0.05, 0.1) is 5.60 Å². The molecule has 5 heteroatoms. The Balaban J connectivity index is 1.84. The summed E-state index contributed by atoms with van der Waals surface area (Å²) in [5.74, 6) is -0.00197. The van der Waals surface area contributed by atoms with Crippen LogP contribution in [0.3, 0.4) is 0 Å². The van der Waals surface area contributed by atoms with Crippen molar-refractivity contribution in [1.82, 2.24) is 10.2 Å². The van der Waals surface area contributed by atoms with Crippen LogP contribution in [0.25, 0.3) is 0 Å². The zero-order valence-electron chi connectivity index (χ0n) is 13.8. The Morgan fingerprint density at radius 1 is 1.26 bits per heavy atom. The summed E-state index contributed by atoms with van der Waals surface area (Å²) in [6.45, 7) is 1.02. The molecule has 0 saturated carbocycles. The molecular weight excluding hydrogens is 292 g/mol. The molecule has 0 aliphatic carbocycles. The van der Waals surface area contributed by atoms with Gasteiger partial charge in [-0.1, -0.05) is 30.3 Å². The monoisotopic (exact) mass is 318 g/mol. The van der Waals surface area contributed by atoms with Crippen LogP contribution in [0.4, 0.5) is 0 Å². The van der Waals surface area contributed by atoms with Gasteiger partial charge in [0.25, 0.3) is 0 Å². The molecule has 1 heterocycles. The van der Waals surface area contributed by atoms with Gasteiger partial charge in [-0.2, -0.15) is 0 Å². The van der Waals surface area contributed by atoms with E-state index in [1.54, 1.807) is 11.9 Å². The second-order valence-corrected chi connectivity index (χ2v) is 6.30. The number of hydrogen-bond acceptors (Lipinski definition) is 3. The highest BCUT2D eigenvalue weighted by molar-refractivity contribution is 5.77. The van der Waals surface area contributed by atoms with Crippen molar-refractivity contribution in [2.24, 2.45) is 0 Å². The Labute approximate surface area is 137 Å². The van der Waals surface area contributed by atoms with Crippen LogP contribution >= 0.6 is 0 Å². The van der Waals surface area contributed by atoms with Gasteiger partial charge < -0.3 is 15.3 Å². The SMILES string of the molecule is CNC(=O)CC[C@@]1(O)CCCN(C(=O)CCc2ccccc2)C1. The van der Waals surface area contributed by atoms with E-state index in [9.17, 15) is 14.7 Å². The number of nitrogens with zero attached hydrogens (tertiary/aromatic N) is 1. The summed E-state index contributed by atoms with van der Waals surface area (Å²) in [6.07, 6.45) is 3.28. The quantitative estimate of drug-likeness (QED) is 0.835. The molecule has 0 unspecified atom stereocenters. The number of nitrogens with one attached hydrogen (secondary N) is 1. The Morgan fingerprint density at radius 3 is 2.70 bits per heavy atom. The van der Waals surface area contributed by atoms with Crippen molar-refractivity contribution in [3.63, 3.8) is 0 Å². The van der Waals surface area contributed by atoms with Gasteiger partial charge in [0.1, 0.15) is 0 Å². The first-order chi connectivity index (χ1) is 11.0. The molecule has 1 aliphatic rings. The van der Waals surface area contributed by atoms with Crippen molar-refractivity contribution in [2.75, 3.05) is 20.1 Å². The summed E-state index contributed by atoms with van der Waals surface area (Å²) in [5, 5.41) is 13.2. The van der Waals surface area contributed by atoms with Gasteiger partial charge in [0, 0.05) is 33.0 Å². The third kappa shape index (κ3) is 5.36. The van der Waals surface area contributed by atoms with Crippen LogP contribution in [0.2, 0.25) is 0 Å². The van der Waals surface area contributed by atoms with Crippen LogP contribution in [-0.4, -0.2) is 47.6 Å². The maximum absolute atomic E-state index is 12.4. The van der Waals surface area contributed by atoms with Crippen molar-refractivity contribution < 1.29 is 14.7 Å². The molecule has 0 aromatic heterocycles. The van der Waals surface area contributed by atoms with Crippen molar-refractivity contribution in [2.45, 2.75) is 44.1 Å². The number of carbonyl (C=O) groups excluding carboxylic acids is 2. The second-order valence-electron chi connectivity index (χ2n) is 6.30. The smallest absolute Gasteiger partial charge is 0.222 e. The minimum Gasteiger partial charge on any atom is -0.388 e. The zero-order valence-corrected chi connectivity index (χ0v) is 13.8. The second kappa shape index (κ2) is 8.11. The molecule has 1 aromatic rings. The Hall–Kier alpha value is -1.88. The van der Waals surface area contributed by atoms with Crippen molar-refractivity contribution in [1.29, 1.82) is 0 Å². The highest BCUT2D eigenvalue weighted by Gasteiger charge is 2.35. The largest absolute Gasteiger partial charge is 0.388 e. The van der Waals surface area contributed by atoms with E-state index in [0.29, 0.717) is 45.2 Å². The van der Waals surface area contributed by atoms with E-state index >= 15 is 0 Å². The van der Waals surface area contributed by atoms with E-state index in [0.717, 1.165) is 12.0 Å². The molecule has 0 bridgehead atoms. The number of piperidine rings is 1. The van der Waals surface area contributed by atoms with Gasteiger partial charge >= 0.3 is 0 Å². The molecule has 1 aromatic carbocycles. The minimum atomic E-state index is -0.937. The Bertz CT molecular complexity index is 532. The number of hydrogen-bond donors (Lipinski definition) is 2. The molecule has 2 rings (SSSR count). The molecule has 1 fully saturated rings. The predicted octanol–water partition coefficient (Wildman–Crippen LogP) is 1.50. The third-order valence-corrected chi connectivity index (χ3v) is 4.47. The van der Waals surface area contributed by atoms with E-state index in [1.807, 2.05) is 30.3 Å². The molecule has 1 aliphatic heterocycles. The van der Waals surface area contributed by atoms with Gasteiger partial charge in [-0.05, 0) is 31.2 Å². The maximum atomic E-state index is 12.4. The van der Waals surface area contributed by atoms with E-state index in [1.165, 1.54) is 0 Å². The number of aryl methyl sites for hydroxylation is 1. The predicted molar refractivity (Wildman–Crippen MR) is 88.8 cm³/mol. The minimum absolute atomic E-state index is 0.0759. The van der Waals surface area contributed by atoms with Gasteiger partial charge in [-0.25, -0.2) is 0 Å². The number of β-amino-alcohol motifs (C(OH)–C–C–N with tert-alkyl or cyclic N) is 1. The fraction of sp³-hybridized carbons (Fsp3) is 0.556. The van der Waals surface area contributed by atoms with Gasteiger partial charge in [0.15, 0.2) is 0 Å². The van der Waals surface area contributed by atoms with E-state index in [2.05, 4.69) is 5.32 Å². The molecule has 1 saturated heterocycles. The van der Waals surface area contributed by atoms with Crippen LogP contribution in [0, 0.1) is 0 Å². The maximum Gasteiger partial charge on any atom is 0.222 e. The standard InChI is InChI=1S/C18H26N2O3/c1-19-16(21)10-12-18(23)11-5-13-20(14-18)17(22)9-8-15-6-3-2-4-7-15/h2-4,6-7,23H,5,8-14H2,1H3,(H,19,21)/t18-/m0/s1. The summed E-state index contributed by atoms with van der Waals surface area (Å²) >= 11 is 0. The van der Waals surface area contributed by atoms with Crippen molar-refractivity contribution in [3.05, 3.63) is 35.9 Å². The van der Waals surface area contributed by atoms with Crippen LogP contribution < -0.4 is 5.32 Å². The lowest BCUT2D eigenvalue weighted by Gasteiger charge is -2.39. The number of amides is 2. The molecular formula is C18H26N2O3. The molecule has 23 heavy (non-hydrogen) atoms. The highest BCUT2D eigenvalue weighted by atomic mass is 16.3. The number of likely N-dealkylation sites (tertiary alicyclic amines) is 1. The topological polar surface area (TPSA) is 69.6 Å². The van der Waals surface area contributed by atoms with Gasteiger partial charge in [0.2, 0.25) is 11.8 Å². The molecule has 5 nitrogen and oxygen atoms in total. The summed E-state index contributed by atoms with van der Waals surface area (Å²) in [7, 11) is 1.59.